The SMILES string of the molecule is COP(=O)(OC)Oc1ccccc1C(=O)CN. The summed E-state index contributed by atoms with van der Waals surface area (Å²) < 4.78 is 26.1. The first-order chi connectivity index (χ1) is 8.06. The Kier molecular flexibility index (Phi) is 4.84. The first-order valence-electron chi connectivity index (χ1n) is 4.79. The predicted octanol–water partition coefficient (Wildman–Crippen LogP) is 1.61. The van der Waals surface area contributed by atoms with Gasteiger partial charge in [0, 0.05) is 14.2 Å². The van der Waals surface area contributed by atoms with E-state index in [9.17, 15) is 9.36 Å². The molecule has 0 saturated heterocycles. The molecule has 0 saturated carbocycles. The van der Waals surface area contributed by atoms with Crippen molar-refractivity contribution in [2.75, 3.05) is 20.8 Å². The van der Waals surface area contributed by atoms with E-state index >= 15 is 0 Å². The average Bonchev–Trinajstić information content (AvgIpc) is 2.38. The molecule has 0 aliphatic carbocycles. The summed E-state index contributed by atoms with van der Waals surface area (Å²) in [4.78, 5) is 11.5. The lowest BCUT2D eigenvalue weighted by atomic mass is 10.1. The third-order valence-corrected chi connectivity index (χ3v) is 3.34. The molecule has 94 valence electrons. The minimum atomic E-state index is -3.67. The maximum atomic E-state index is 11.8. The van der Waals surface area contributed by atoms with Crippen molar-refractivity contribution < 1.29 is 22.9 Å². The Balaban J connectivity index is 3.06. The number of hydrogen-bond acceptors (Lipinski definition) is 6. The van der Waals surface area contributed by atoms with E-state index in [1.54, 1.807) is 12.1 Å². The zero-order chi connectivity index (χ0) is 12.9. The van der Waals surface area contributed by atoms with Crippen LogP contribution >= 0.6 is 7.82 Å². The molecule has 0 heterocycles. The molecule has 0 aromatic heterocycles. The van der Waals surface area contributed by atoms with E-state index in [0.29, 0.717) is 0 Å². The normalized spacial score (nSPS) is 11.2. The molecule has 6 nitrogen and oxygen atoms in total. The summed E-state index contributed by atoms with van der Waals surface area (Å²) in [6, 6.07) is 6.31. The van der Waals surface area contributed by atoms with Crippen LogP contribution in [0.1, 0.15) is 10.4 Å². The Labute approximate surface area is 99.3 Å². The molecule has 0 spiro atoms. The molecule has 17 heavy (non-hydrogen) atoms. The third kappa shape index (κ3) is 3.38. The van der Waals surface area contributed by atoms with Gasteiger partial charge in [-0.1, -0.05) is 12.1 Å². The molecule has 1 aromatic carbocycles. The number of para-hydroxylation sites is 1. The number of carbonyl (C=O) groups is 1. The monoisotopic (exact) mass is 259 g/mol. The van der Waals surface area contributed by atoms with Crippen LogP contribution in [0.3, 0.4) is 0 Å². The van der Waals surface area contributed by atoms with Crippen LogP contribution in [0.5, 0.6) is 5.75 Å². The van der Waals surface area contributed by atoms with Crippen molar-refractivity contribution in [3.05, 3.63) is 29.8 Å². The van der Waals surface area contributed by atoms with Gasteiger partial charge in [0.15, 0.2) is 5.78 Å². The summed E-state index contributed by atoms with van der Waals surface area (Å²) >= 11 is 0. The van der Waals surface area contributed by atoms with E-state index < -0.39 is 7.82 Å². The van der Waals surface area contributed by atoms with E-state index in [2.05, 4.69) is 9.05 Å². The molecule has 0 atom stereocenters. The highest BCUT2D eigenvalue weighted by atomic mass is 31.2. The number of nitrogens with two attached hydrogens (primary N) is 1. The number of hydrogen-bond donors (Lipinski definition) is 1. The summed E-state index contributed by atoms with van der Waals surface area (Å²) in [6.07, 6.45) is 0. The van der Waals surface area contributed by atoms with Crippen LogP contribution < -0.4 is 10.3 Å². The highest BCUT2D eigenvalue weighted by Crippen LogP contribution is 2.48. The van der Waals surface area contributed by atoms with Gasteiger partial charge in [-0.05, 0) is 12.1 Å². The fourth-order valence-electron chi connectivity index (χ4n) is 1.16. The van der Waals surface area contributed by atoms with Crippen molar-refractivity contribution in [2.24, 2.45) is 5.73 Å². The summed E-state index contributed by atoms with van der Waals surface area (Å²) in [5, 5.41) is 0. The molecule has 0 amide bonds. The number of phosphoric ester groups is 1. The second-order valence-electron chi connectivity index (χ2n) is 3.03. The van der Waals surface area contributed by atoms with Crippen molar-refractivity contribution in [1.82, 2.24) is 0 Å². The van der Waals surface area contributed by atoms with Gasteiger partial charge in [-0.3, -0.25) is 13.8 Å². The third-order valence-electron chi connectivity index (χ3n) is 2.03. The number of phosphoric acid groups is 1. The van der Waals surface area contributed by atoms with Gasteiger partial charge >= 0.3 is 7.82 Å². The van der Waals surface area contributed by atoms with Crippen LogP contribution in [0.25, 0.3) is 0 Å². The van der Waals surface area contributed by atoms with Gasteiger partial charge in [0.05, 0.1) is 12.1 Å². The average molecular weight is 259 g/mol. The molecule has 1 aromatic rings. The number of ketones is 1. The highest BCUT2D eigenvalue weighted by molar-refractivity contribution is 7.48. The quantitative estimate of drug-likeness (QED) is 0.616. The van der Waals surface area contributed by atoms with Crippen LogP contribution in [0, 0.1) is 0 Å². The molecule has 0 aliphatic heterocycles. The number of rotatable bonds is 6. The van der Waals surface area contributed by atoms with Crippen LogP contribution in [0.15, 0.2) is 24.3 Å². The van der Waals surface area contributed by atoms with E-state index in [-0.39, 0.29) is 23.6 Å². The van der Waals surface area contributed by atoms with Crippen LogP contribution in [0.4, 0.5) is 0 Å². The van der Waals surface area contributed by atoms with E-state index in [1.165, 1.54) is 26.4 Å². The fraction of sp³-hybridized carbons (Fsp3) is 0.300. The Morgan fingerprint density at radius 2 is 1.88 bits per heavy atom. The minimum Gasteiger partial charge on any atom is -0.403 e. The van der Waals surface area contributed by atoms with Crippen molar-refractivity contribution in [1.29, 1.82) is 0 Å². The van der Waals surface area contributed by atoms with E-state index in [4.69, 9.17) is 10.3 Å². The van der Waals surface area contributed by atoms with Gasteiger partial charge in [-0.2, -0.15) is 0 Å². The molecular weight excluding hydrogens is 245 g/mol. The van der Waals surface area contributed by atoms with Gasteiger partial charge in [0.2, 0.25) is 0 Å². The Hall–Kier alpha value is -1.20. The van der Waals surface area contributed by atoms with Crippen molar-refractivity contribution in [3.63, 3.8) is 0 Å². The summed E-state index contributed by atoms with van der Waals surface area (Å²) in [7, 11) is -1.29. The molecule has 0 radical (unpaired) electrons. The molecule has 7 heteroatoms. The van der Waals surface area contributed by atoms with E-state index in [0.717, 1.165) is 0 Å². The van der Waals surface area contributed by atoms with Crippen LogP contribution in [0.2, 0.25) is 0 Å². The Morgan fingerprint density at radius 3 is 2.41 bits per heavy atom. The number of Topliss-reactive ketones (excluding diaryl/α,β-unsaturated/α-hetero) is 1. The molecular formula is C10H14NO5P. The number of benzene rings is 1. The smallest absolute Gasteiger partial charge is 0.403 e. The molecule has 0 unspecified atom stereocenters. The fourth-order valence-corrected chi connectivity index (χ4v) is 1.85. The summed E-state index contributed by atoms with van der Waals surface area (Å²) in [5.74, 6) is -0.200. The Bertz CT molecular complexity index is 440. The molecule has 1 rings (SSSR count). The van der Waals surface area contributed by atoms with Gasteiger partial charge in [0.1, 0.15) is 5.75 Å². The highest BCUT2D eigenvalue weighted by Gasteiger charge is 2.26. The Morgan fingerprint density at radius 1 is 1.29 bits per heavy atom. The second-order valence-corrected chi connectivity index (χ2v) is 4.83. The van der Waals surface area contributed by atoms with Gasteiger partial charge in [-0.15, -0.1) is 0 Å². The van der Waals surface area contributed by atoms with Crippen LogP contribution in [-0.4, -0.2) is 26.5 Å². The lowest BCUT2D eigenvalue weighted by Gasteiger charge is -2.16. The van der Waals surface area contributed by atoms with Crippen molar-refractivity contribution in [3.8, 4) is 5.75 Å². The maximum absolute atomic E-state index is 11.8. The largest absolute Gasteiger partial charge is 0.529 e. The summed E-state index contributed by atoms with van der Waals surface area (Å²) in [6.45, 7) is -0.162. The predicted molar refractivity (Wildman–Crippen MR) is 62.1 cm³/mol. The van der Waals surface area contributed by atoms with Gasteiger partial charge in [-0.25, -0.2) is 4.57 Å². The van der Waals surface area contributed by atoms with Gasteiger partial charge < -0.3 is 10.3 Å². The first-order valence-corrected chi connectivity index (χ1v) is 6.25. The molecule has 2 N–H and O–H groups in total. The first kappa shape index (κ1) is 13.9. The minimum absolute atomic E-state index is 0.120. The van der Waals surface area contributed by atoms with Gasteiger partial charge in [0.25, 0.3) is 0 Å². The zero-order valence-electron chi connectivity index (χ0n) is 9.58. The van der Waals surface area contributed by atoms with Crippen molar-refractivity contribution in [2.45, 2.75) is 0 Å². The topological polar surface area (TPSA) is 87.9 Å². The lowest BCUT2D eigenvalue weighted by Crippen LogP contribution is -2.14. The standard InChI is InChI=1S/C10H14NO5P/c1-14-17(13,15-2)16-10-6-4-3-5-8(10)9(12)7-11/h3-6H,7,11H2,1-2H3. The second kappa shape index (κ2) is 5.93. The van der Waals surface area contributed by atoms with Crippen LogP contribution in [-0.2, 0) is 13.6 Å². The summed E-state index contributed by atoms with van der Waals surface area (Å²) in [5.41, 5.74) is 5.51. The van der Waals surface area contributed by atoms with Crippen molar-refractivity contribution >= 4 is 13.6 Å². The van der Waals surface area contributed by atoms with E-state index in [1.807, 2.05) is 0 Å². The molecule has 0 fully saturated rings. The zero-order valence-corrected chi connectivity index (χ0v) is 10.5. The lowest BCUT2D eigenvalue weighted by molar-refractivity contribution is 0.0999. The number of carbonyl (C=O) groups excluding carboxylic acids is 1. The molecule has 0 bridgehead atoms. The molecule has 0 aliphatic rings. The maximum Gasteiger partial charge on any atom is 0.529 e.